The second-order valence-corrected chi connectivity index (χ2v) is 7.73. The van der Waals surface area contributed by atoms with Gasteiger partial charge in [0.25, 0.3) is 11.1 Å². The number of imide groups is 1. The van der Waals surface area contributed by atoms with Gasteiger partial charge < -0.3 is 14.2 Å². The van der Waals surface area contributed by atoms with Gasteiger partial charge in [0.2, 0.25) is 0 Å². The van der Waals surface area contributed by atoms with Crippen molar-refractivity contribution in [3.05, 3.63) is 64.1 Å². The zero-order valence-electron chi connectivity index (χ0n) is 17.7. The zero-order chi connectivity index (χ0) is 23.3. The molecule has 1 saturated heterocycles. The molecular formula is C23H21NO7S. The molecule has 0 radical (unpaired) electrons. The Morgan fingerprint density at radius 2 is 1.78 bits per heavy atom. The molecule has 8 nitrogen and oxygen atoms in total. The Bertz CT molecular complexity index is 1090. The van der Waals surface area contributed by atoms with Crippen molar-refractivity contribution in [2.45, 2.75) is 13.8 Å². The number of methoxy groups -OCH3 is 1. The van der Waals surface area contributed by atoms with Crippen molar-refractivity contribution in [2.75, 3.05) is 20.3 Å². The number of rotatable bonds is 7. The molecule has 1 fully saturated rings. The highest BCUT2D eigenvalue weighted by molar-refractivity contribution is 8.18. The molecule has 0 atom stereocenters. The van der Waals surface area contributed by atoms with Crippen LogP contribution in [0.25, 0.3) is 6.08 Å². The molecule has 0 unspecified atom stereocenters. The topological polar surface area (TPSA) is 99.2 Å². The maximum atomic E-state index is 12.5. The van der Waals surface area contributed by atoms with Gasteiger partial charge >= 0.3 is 11.9 Å². The van der Waals surface area contributed by atoms with Crippen LogP contribution in [-0.4, -0.2) is 48.2 Å². The first-order chi connectivity index (χ1) is 15.3. The smallest absolute Gasteiger partial charge is 0.343 e. The van der Waals surface area contributed by atoms with Crippen LogP contribution in [0.5, 0.6) is 11.5 Å². The molecule has 2 aromatic carbocycles. The van der Waals surface area contributed by atoms with Crippen LogP contribution in [0.4, 0.5) is 4.79 Å². The predicted octanol–water partition coefficient (Wildman–Crippen LogP) is 3.82. The van der Waals surface area contributed by atoms with Crippen molar-refractivity contribution >= 4 is 40.9 Å². The van der Waals surface area contributed by atoms with Gasteiger partial charge in [-0.15, -0.1) is 0 Å². The fraction of sp³-hybridized carbons (Fsp3) is 0.217. The summed E-state index contributed by atoms with van der Waals surface area (Å²) in [5.74, 6) is -1.27. The third-order valence-electron chi connectivity index (χ3n) is 4.44. The van der Waals surface area contributed by atoms with Crippen LogP contribution in [0.3, 0.4) is 0 Å². The largest absolute Gasteiger partial charge is 0.493 e. The number of benzene rings is 2. The van der Waals surface area contributed by atoms with E-state index in [1.165, 1.54) is 13.2 Å². The lowest BCUT2D eigenvalue weighted by atomic mass is 10.1. The second-order valence-electron chi connectivity index (χ2n) is 6.74. The minimum Gasteiger partial charge on any atom is -0.493 e. The molecule has 166 valence electrons. The van der Waals surface area contributed by atoms with E-state index in [0.29, 0.717) is 11.1 Å². The van der Waals surface area contributed by atoms with Crippen molar-refractivity contribution in [1.82, 2.24) is 4.90 Å². The van der Waals surface area contributed by atoms with Crippen molar-refractivity contribution in [3.8, 4) is 11.5 Å². The highest BCUT2D eigenvalue weighted by atomic mass is 32.2. The number of ether oxygens (including phenoxy) is 3. The fourth-order valence-corrected chi connectivity index (χ4v) is 3.67. The quantitative estimate of drug-likeness (QED) is 0.353. The monoisotopic (exact) mass is 455 g/mol. The molecule has 32 heavy (non-hydrogen) atoms. The Hall–Kier alpha value is -3.59. The van der Waals surface area contributed by atoms with Gasteiger partial charge in [0.15, 0.2) is 11.5 Å². The average molecular weight is 455 g/mol. The molecule has 9 heteroatoms. The normalized spacial score (nSPS) is 14.6. The molecule has 2 amide bonds. The Balaban J connectivity index is 1.77. The van der Waals surface area contributed by atoms with E-state index in [9.17, 15) is 19.2 Å². The van der Waals surface area contributed by atoms with E-state index in [0.717, 1.165) is 22.2 Å². The lowest BCUT2D eigenvalue weighted by Crippen LogP contribution is -2.34. The maximum Gasteiger partial charge on any atom is 0.343 e. The molecule has 1 heterocycles. The van der Waals surface area contributed by atoms with Gasteiger partial charge in [0.1, 0.15) is 6.54 Å². The van der Waals surface area contributed by atoms with Gasteiger partial charge in [-0.2, -0.15) is 0 Å². The Kier molecular flexibility index (Phi) is 7.32. The maximum absolute atomic E-state index is 12.5. The van der Waals surface area contributed by atoms with E-state index >= 15 is 0 Å². The lowest BCUT2D eigenvalue weighted by Gasteiger charge is -2.11. The predicted molar refractivity (Wildman–Crippen MR) is 118 cm³/mol. The molecule has 0 N–H and O–H groups in total. The molecule has 0 spiro atoms. The number of hydrogen-bond acceptors (Lipinski definition) is 8. The van der Waals surface area contributed by atoms with Crippen LogP contribution in [-0.2, 0) is 14.3 Å². The molecule has 0 saturated carbocycles. The molecule has 3 rings (SSSR count). The Morgan fingerprint density at radius 1 is 1.06 bits per heavy atom. The van der Waals surface area contributed by atoms with Crippen molar-refractivity contribution in [2.24, 2.45) is 0 Å². The summed E-state index contributed by atoms with van der Waals surface area (Å²) < 4.78 is 15.6. The van der Waals surface area contributed by atoms with E-state index in [2.05, 4.69) is 0 Å². The first-order valence-electron chi connectivity index (χ1n) is 9.70. The number of hydrogen-bond donors (Lipinski definition) is 0. The SMILES string of the molecule is CCOC(=O)CN1C(=O)S/C(=C\c2ccc(OC(=O)c3ccc(C)cc3)c(OC)c2)C1=O. The number of carbonyl (C=O) groups is 4. The van der Waals surface area contributed by atoms with Crippen LogP contribution < -0.4 is 9.47 Å². The first-order valence-corrected chi connectivity index (χ1v) is 10.5. The fourth-order valence-electron chi connectivity index (χ4n) is 2.83. The molecule has 1 aliphatic heterocycles. The van der Waals surface area contributed by atoms with E-state index < -0.39 is 29.6 Å². The van der Waals surface area contributed by atoms with E-state index in [1.54, 1.807) is 37.3 Å². The third-order valence-corrected chi connectivity index (χ3v) is 5.35. The van der Waals surface area contributed by atoms with Gasteiger partial charge in [-0.1, -0.05) is 23.8 Å². The summed E-state index contributed by atoms with van der Waals surface area (Å²) in [5, 5.41) is -0.551. The van der Waals surface area contributed by atoms with E-state index in [-0.39, 0.29) is 23.0 Å². The van der Waals surface area contributed by atoms with Gasteiger partial charge in [-0.05, 0) is 61.5 Å². The molecular weight excluding hydrogens is 434 g/mol. The van der Waals surface area contributed by atoms with Crippen LogP contribution in [0.2, 0.25) is 0 Å². The van der Waals surface area contributed by atoms with Gasteiger partial charge in [0, 0.05) is 0 Å². The number of aryl methyl sites for hydroxylation is 1. The summed E-state index contributed by atoms with van der Waals surface area (Å²) in [5.41, 5.74) is 1.98. The number of carbonyl (C=O) groups excluding carboxylic acids is 4. The summed E-state index contributed by atoms with van der Waals surface area (Å²) in [7, 11) is 1.43. The number of amides is 2. The minimum absolute atomic E-state index is 0.158. The van der Waals surface area contributed by atoms with E-state index in [1.807, 2.05) is 19.1 Å². The van der Waals surface area contributed by atoms with Crippen molar-refractivity contribution in [1.29, 1.82) is 0 Å². The summed E-state index contributed by atoms with van der Waals surface area (Å²) in [6, 6.07) is 11.7. The lowest BCUT2D eigenvalue weighted by molar-refractivity contribution is -0.145. The molecule has 0 bridgehead atoms. The summed E-state index contributed by atoms with van der Waals surface area (Å²) in [6.45, 7) is 3.28. The number of thioether (sulfide) groups is 1. The molecule has 0 aromatic heterocycles. The van der Waals surface area contributed by atoms with Gasteiger partial charge in [0.05, 0.1) is 24.2 Å². The van der Waals surface area contributed by atoms with Gasteiger partial charge in [-0.3, -0.25) is 19.3 Å². The van der Waals surface area contributed by atoms with Crippen LogP contribution in [0.1, 0.15) is 28.4 Å². The number of nitrogens with zero attached hydrogens (tertiary/aromatic N) is 1. The molecule has 1 aliphatic rings. The highest BCUT2D eigenvalue weighted by Crippen LogP contribution is 2.34. The Labute approximate surface area is 189 Å². The van der Waals surface area contributed by atoms with E-state index in [4.69, 9.17) is 14.2 Å². The van der Waals surface area contributed by atoms with Crippen LogP contribution in [0, 0.1) is 6.92 Å². The summed E-state index contributed by atoms with van der Waals surface area (Å²) in [6.07, 6.45) is 1.50. The van der Waals surface area contributed by atoms with Crippen LogP contribution in [0.15, 0.2) is 47.4 Å². The zero-order valence-corrected chi connectivity index (χ0v) is 18.6. The summed E-state index contributed by atoms with van der Waals surface area (Å²) in [4.78, 5) is 49.6. The van der Waals surface area contributed by atoms with Crippen molar-refractivity contribution in [3.63, 3.8) is 0 Å². The number of esters is 2. The van der Waals surface area contributed by atoms with Gasteiger partial charge in [-0.25, -0.2) is 4.79 Å². The van der Waals surface area contributed by atoms with Crippen LogP contribution >= 0.6 is 11.8 Å². The average Bonchev–Trinajstić information content (AvgIpc) is 3.02. The second kappa shape index (κ2) is 10.1. The molecule has 2 aromatic rings. The Morgan fingerprint density at radius 3 is 2.44 bits per heavy atom. The standard InChI is InChI=1S/C23H21NO7S/c1-4-30-20(25)13-24-21(26)19(32-23(24)28)12-15-7-10-17(18(11-15)29-3)31-22(27)16-8-5-14(2)6-9-16/h5-12H,4,13H2,1-3H3/b19-12-. The van der Waals surface area contributed by atoms with Crippen molar-refractivity contribution < 1.29 is 33.4 Å². The first kappa shape index (κ1) is 23.1. The third kappa shape index (κ3) is 5.36. The highest BCUT2D eigenvalue weighted by Gasteiger charge is 2.36. The summed E-state index contributed by atoms with van der Waals surface area (Å²) >= 11 is 0.728. The minimum atomic E-state index is -0.655. The molecule has 0 aliphatic carbocycles.